The van der Waals surface area contributed by atoms with Crippen molar-refractivity contribution in [3.63, 3.8) is 0 Å². The van der Waals surface area contributed by atoms with Crippen LogP contribution >= 0.6 is 23.2 Å². The van der Waals surface area contributed by atoms with E-state index in [9.17, 15) is 0 Å². The molecule has 0 amide bonds. The van der Waals surface area contributed by atoms with Gasteiger partial charge in [-0.25, -0.2) is 0 Å². The van der Waals surface area contributed by atoms with Crippen molar-refractivity contribution in [1.29, 1.82) is 0 Å². The summed E-state index contributed by atoms with van der Waals surface area (Å²) in [5, 5.41) is 1.01. The fraction of sp³-hybridized carbons (Fsp3) is 0.526. The topological polar surface area (TPSA) is 70.5 Å². The SMILES string of the molecule is Nc1ccc(Oc2c(C34CC5CC(CC(C5)C3)C4)ccc(C34CC5CC(CC(C5)C3)C4)c2Oc2ccc(N)c(Cl)c2)cc1Cl. The maximum absolute atomic E-state index is 7.07. The van der Waals surface area contributed by atoms with E-state index in [1.807, 2.05) is 36.4 Å². The van der Waals surface area contributed by atoms with Crippen LogP contribution in [0.25, 0.3) is 0 Å². The monoisotopic (exact) mass is 628 g/mol. The molecule has 8 aliphatic rings. The second kappa shape index (κ2) is 9.97. The van der Waals surface area contributed by atoms with E-state index in [1.165, 1.54) is 88.2 Å². The standard InChI is InChI=1S/C38H42Cl2N2O2/c39-31-13-27(1-5-33(31)41)43-35-29(37-15-21-7-22(16-37)9-23(8-21)17-37)3-4-30(36(35)44-28-2-6-34(42)32(40)14-28)38-18-24-10-25(19-38)12-26(11-24)20-38/h1-6,13-14,21-26H,7-12,15-20,41-42H2. The molecule has 0 spiro atoms. The van der Waals surface area contributed by atoms with Crippen LogP contribution in [0.15, 0.2) is 48.5 Å². The summed E-state index contributed by atoms with van der Waals surface area (Å²) < 4.78 is 14.1. The largest absolute Gasteiger partial charge is 0.453 e. The highest BCUT2D eigenvalue weighted by molar-refractivity contribution is 6.33. The summed E-state index contributed by atoms with van der Waals surface area (Å²) >= 11 is 13.1. The van der Waals surface area contributed by atoms with Gasteiger partial charge < -0.3 is 20.9 Å². The third-order valence-corrected chi connectivity index (χ3v) is 13.4. The van der Waals surface area contributed by atoms with Crippen LogP contribution in [0.1, 0.15) is 88.2 Å². The van der Waals surface area contributed by atoms with E-state index in [0.717, 1.165) is 47.0 Å². The molecule has 0 heterocycles. The van der Waals surface area contributed by atoms with E-state index >= 15 is 0 Å². The molecular weight excluding hydrogens is 587 g/mol. The Morgan fingerprint density at radius 3 is 1.11 bits per heavy atom. The first kappa shape index (κ1) is 27.7. The average molecular weight is 630 g/mol. The summed E-state index contributed by atoms with van der Waals surface area (Å²) in [4.78, 5) is 0. The third kappa shape index (κ3) is 4.45. The third-order valence-electron chi connectivity index (χ3n) is 12.7. The first-order valence-corrected chi connectivity index (χ1v) is 17.6. The molecule has 0 unspecified atom stereocenters. The van der Waals surface area contributed by atoms with Crippen LogP contribution in [0, 0.1) is 35.5 Å². The van der Waals surface area contributed by atoms with Gasteiger partial charge in [0.15, 0.2) is 11.5 Å². The van der Waals surface area contributed by atoms with Crippen LogP contribution in [0.5, 0.6) is 23.0 Å². The van der Waals surface area contributed by atoms with E-state index in [1.54, 1.807) is 0 Å². The normalized spacial score (nSPS) is 36.1. The average Bonchev–Trinajstić information content (AvgIpc) is 2.96. The second-order valence-electron chi connectivity index (χ2n) is 15.8. The number of nitrogens with two attached hydrogens (primary N) is 2. The summed E-state index contributed by atoms with van der Waals surface area (Å²) in [6, 6.07) is 16.2. The molecular formula is C38H42Cl2N2O2. The molecule has 11 rings (SSSR count). The van der Waals surface area contributed by atoms with Gasteiger partial charge >= 0.3 is 0 Å². The minimum absolute atomic E-state index is 0.110. The predicted octanol–water partition coefficient (Wildman–Crippen LogP) is 10.7. The first-order valence-electron chi connectivity index (χ1n) is 16.9. The Morgan fingerprint density at radius 2 is 0.818 bits per heavy atom. The quantitative estimate of drug-likeness (QED) is 0.266. The number of hydrogen-bond donors (Lipinski definition) is 2. The molecule has 0 aliphatic heterocycles. The van der Waals surface area contributed by atoms with E-state index in [-0.39, 0.29) is 10.8 Å². The number of rotatable bonds is 6. The number of anilines is 2. The fourth-order valence-electron chi connectivity index (χ4n) is 11.9. The van der Waals surface area contributed by atoms with Gasteiger partial charge in [-0.2, -0.15) is 0 Å². The predicted molar refractivity (Wildman–Crippen MR) is 178 cm³/mol. The Balaban J connectivity index is 1.26. The van der Waals surface area contributed by atoms with Crippen molar-refractivity contribution in [2.75, 3.05) is 11.5 Å². The molecule has 44 heavy (non-hydrogen) atoms. The Hall–Kier alpha value is -2.56. The van der Waals surface area contributed by atoms with Crippen molar-refractivity contribution in [3.8, 4) is 23.0 Å². The summed E-state index contributed by atoms with van der Waals surface area (Å²) in [5.41, 5.74) is 16.2. The smallest absolute Gasteiger partial charge is 0.173 e. The molecule has 4 N–H and O–H groups in total. The molecule has 8 aliphatic carbocycles. The highest BCUT2D eigenvalue weighted by atomic mass is 35.5. The zero-order chi connectivity index (χ0) is 29.8. The molecule has 8 saturated carbocycles. The van der Waals surface area contributed by atoms with Gasteiger partial charge in [0, 0.05) is 23.3 Å². The highest BCUT2D eigenvalue weighted by Crippen LogP contribution is 2.66. The number of benzene rings is 3. The van der Waals surface area contributed by atoms with Gasteiger partial charge in [0.1, 0.15) is 11.5 Å². The molecule has 0 atom stereocenters. The van der Waals surface area contributed by atoms with Gasteiger partial charge in [0.25, 0.3) is 0 Å². The minimum atomic E-state index is 0.110. The fourth-order valence-corrected chi connectivity index (χ4v) is 12.2. The number of halogens is 2. The lowest BCUT2D eigenvalue weighted by Crippen LogP contribution is -2.49. The molecule has 0 radical (unpaired) electrons. The summed E-state index contributed by atoms with van der Waals surface area (Å²) in [6.45, 7) is 0. The summed E-state index contributed by atoms with van der Waals surface area (Å²) in [6.07, 6.45) is 15.8. The number of ether oxygens (including phenoxy) is 2. The van der Waals surface area contributed by atoms with Gasteiger partial charge in [0.05, 0.1) is 21.4 Å². The van der Waals surface area contributed by atoms with Crippen molar-refractivity contribution < 1.29 is 9.47 Å². The molecule has 6 heteroatoms. The summed E-state index contributed by atoms with van der Waals surface area (Å²) in [7, 11) is 0. The van der Waals surface area contributed by atoms with E-state index in [4.69, 9.17) is 44.1 Å². The summed E-state index contributed by atoms with van der Waals surface area (Å²) in [5.74, 6) is 7.98. The maximum Gasteiger partial charge on any atom is 0.173 e. The molecule has 0 saturated heterocycles. The van der Waals surface area contributed by atoms with E-state index < -0.39 is 0 Å². The van der Waals surface area contributed by atoms with Crippen LogP contribution < -0.4 is 20.9 Å². The Labute approximate surface area is 270 Å². The van der Waals surface area contributed by atoms with Crippen LogP contribution in [0.3, 0.4) is 0 Å². The van der Waals surface area contributed by atoms with Crippen molar-refractivity contribution in [2.24, 2.45) is 35.5 Å². The lowest BCUT2D eigenvalue weighted by molar-refractivity contribution is -0.00832. The molecule has 3 aromatic carbocycles. The van der Waals surface area contributed by atoms with Gasteiger partial charge in [-0.05, 0) is 148 Å². The van der Waals surface area contributed by atoms with Gasteiger partial charge in [-0.1, -0.05) is 35.3 Å². The van der Waals surface area contributed by atoms with E-state index in [0.29, 0.717) is 32.9 Å². The van der Waals surface area contributed by atoms with Crippen molar-refractivity contribution >= 4 is 34.6 Å². The Kier molecular flexibility index (Phi) is 6.28. The lowest BCUT2D eigenvalue weighted by atomic mass is 9.47. The zero-order valence-corrected chi connectivity index (χ0v) is 26.8. The van der Waals surface area contributed by atoms with Gasteiger partial charge in [-0.15, -0.1) is 0 Å². The van der Waals surface area contributed by atoms with Crippen LogP contribution in [0.4, 0.5) is 11.4 Å². The molecule has 3 aromatic rings. The highest BCUT2D eigenvalue weighted by Gasteiger charge is 2.55. The van der Waals surface area contributed by atoms with Crippen LogP contribution in [-0.4, -0.2) is 0 Å². The molecule has 0 aromatic heterocycles. The van der Waals surface area contributed by atoms with Crippen molar-refractivity contribution in [2.45, 2.75) is 87.9 Å². The molecule has 4 nitrogen and oxygen atoms in total. The lowest BCUT2D eigenvalue weighted by Gasteiger charge is -2.58. The maximum atomic E-state index is 7.07. The number of nitrogen functional groups attached to an aromatic ring is 2. The number of hydrogen-bond acceptors (Lipinski definition) is 4. The minimum Gasteiger partial charge on any atom is -0.453 e. The zero-order valence-electron chi connectivity index (χ0n) is 25.3. The molecule has 8 fully saturated rings. The van der Waals surface area contributed by atoms with Gasteiger partial charge in [0.2, 0.25) is 0 Å². The van der Waals surface area contributed by atoms with Crippen molar-refractivity contribution in [3.05, 3.63) is 69.7 Å². The Morgan fingerprint density at radius 1 is 0.500 bits per heavy atom. The molecule has 8 bridgehead atoms. The second-order valence-corrected chi connectivity index (χ2v) is 16.6. The van der Waals surface area contributed by atoms with Crippen LogP contribution in [-0.2, 0) is 10.8 Å². The van der Waals surface area contributed by atoms with Crippen molar-refractivity contribution in [1.82, 2.24) is 0 Å². The first-order chi connectivity index (χ1) is 21.2. The van der Waals surface area contributed by atoms with Crippen LogP contribution in [0.2, 0.25) is 10.0 Å². The van der Waals surface area contributed by atoms with E-state index in [2.05, 4.69) is 12.1 Å². The molecule has 230 valence electrons. The van der Waals surface area contributed by atoms with Gasteiger partial charge in [-0.3, -0.25) is 0 Å². The Bertz CT molecular complexity index is 1460.